The lowest BCUT2D eigenvalue weighted by Crippen LogP contribution is -2.53. The zero-order valence-electron chi connectivity index (χ0n) is 12.4. The van der Waals surface area contributed by atoms with Gasteiger partial charge in [0.1, 0.15) is 5.75 Å². The summed E-state index contributed by atoms with van der Waals surface area (Å²) < 4.78 is 5.19. The van der Waals surface area contributed by atoms with Gasteiger partial charge in [-0.05, 0) is 44.4 Å². The molecule has 2 rings (SSSR count). The van der Waals surface area contributed by atoms with Crippen LogP contribution in [-0.4, -0.2) is 43.7 Å². The van der Waals surface area contributed by atoms with Crippen molar-refractivity contribution >= 4 is 0 Å². The van der Waals surface area contributed by atoms with Gasteiger partial charge in [0.2, 0.25) is 0 Å². The van der Waals surface area contributed by atoms with Gasteiger partial charge < -0.3 is 10.1 Å². The van der Waals surface area contributed by atoms with E-state index in [1.807, 2.05) is 12.1 Å². The largest absolute Gasteiger partial charge is 0.497 e. The second kappa shape index (κ2) is 6.40. The lowest BCUT2D eigenvalue weighted by molar-refractivity contribution is 0.0959. The van der Waals surface area contributed by atoms with Crippen LogP contribution in [-0.2, 0) is 6.42 Å². The minimum atomic E-state index is 0.280. The maximum absolute atomic E-state index is 5.19. The van der Waals surface area contributed by atoms with Gasteiger partial charge in [-0.25, -0.2) is 0 Å². The second-order valence-corrected chi connectivity index (χ2v) is 5.90. The Bertz CT molecular complexity index is 380. The Morgan fingerprint density at radius 1 is 1.16 bits per heavy atom. The molecule has 1 N–H and O–H groups in total. The van der Waals surface area contributed by atoms with E-state index in [1.54, 1.807) is 7.11 Å². The fourth-order valence-electron chi connectivity index (χ4n) is 2.67. The van der Waals surface area contributed by atoms with E-state index >= 15 is 0 Å². The molecule has 1 heterocycles. The van der Waals surface area contributed by atoms with Crippen molar-refractivity contribution in [3.05, 3.63) is 29.8 Å². The predicted octanol–water partition coefficient (Wildman–Crippen LogP) is 2.31. The molecular weight excluding hydrogens is 236 g/mol. The van der Waals surface area contributed by atoms with Crippen molar-refractivity contribution in [2.24, 2.45) is 0 Å². The van der Waals surface area contributed by atoms with Crippen LogP contribution in [0.1, 0.15) is 25.8 Å². The highest BCUT2D eigenvalue weighted by Crippen LogP contribution is 2.22. The molecule has 1 saturated heterocycles. The molecule has 1 aliphatic heterocycles. The standard InChI is InChI=1S/C16H26N2O/c1-16(2,18-12-10-17-11-13-18)9-8-14-4-6-15(19-3)7-5-14/h4-7,17H,8-13H2,1-3H3. The van der Waals surface area contributed by atoms with Crippen molar-refractivity contribution in [3.63, 3.8) is 0 Å². The molecule has 1 fully saturated rings. The van der Waals surface area contributed by atoms with E-state index in [-0.39, 0.29) is 5.54 Å². The van der Waals surface area contributed by atoms with Crippen molar-refractivity contribution in [1.82, 2.24) is 10.2 Å². The maximum Gasteiger partial charge on any atom is 0.118 e. The fraction of sp³-hybridized carbons (Fsp3) is 0.625. The number of hydrogen-bond acceptors (Lipinski definition) is 3. The van der Waals surface area contributed by atoms with Crippen LogP contribution in [0.5, 0.6) is 5.75 Å². The molecule has 0 amide bonds. The maximum atomic E-state index is 5.19. The fourth-order valence-corrected chi connectivity index (χ4v) is 2.67. The predicted molar refractivity (Wildman–Crippen MR) is 79.8 cm³/mol. The Balaban J connectivity index is 1.88. The van der Waals surface area contributed by atoms with Crippen LogP contribution in [0.3, 0.4) is 0 Å². The molecule has 0 aromatic heterocycles. The van der Waals surface area contributed by atoms with Crippen molar-refractivity contribution in [3.8, 4) is 5.75 Å². The van der Waals surface area contributed by atoms with E-state index in [2.05, 4.69) is 36.2 Å². The third kappa shape index (κ3) is 3.95. The minimum Gasteiger partial charge on any atom is -0.497 e. The first-order chi connectivity index (χ1) is 9.12. The van der Waals surface area contributed by atoms with Gasteiger partial charge in [-0.3, -0.25) is 4.90 Å². The van der Waals surface area contributed by atoms with E-state index in [9.17, 15) is 0 Å². The van der Waals surface area contributed by atoms with Gasteiger partial charge in [0.15, 0.2) is 0 Å². The van der Waals surface area contributed by atoms with Gasteiger partial charge in [-0.15, -0.1) is 0 Å². The molecule has 0 unspecified atom stereocenters. The molecule has 1 aromatic rings. The molecule has 0 radical (unpaired) electrons. The molecular formula is C16H26N2O. The first kappa shape index (κ1) is 14.4. The summed E-state index contributed by atoms with van der Waals surface area (Å²) in [5.74, 6) is 0.935. The van der Waals surface area contributed by atoms with Gasteiger partial charge in [0, 0.05) is 31.7 Å². The molecule has 0 atom stereocenters. The molecule has 3 heteroatoms. The van der Waals surface area contributed by atoms with Crippen molar-refractivity contribution in [2.45, 2.75) is 32.2 Å². The first-order valence-corrected chi connectivity index (χ1v) is 7.20. The zero-order chi connectivity index (χ0) is 13.7. The van der Waals surface area contributed by atoms with E-state index in [0.717, 1.165) is 38.3 Å². The Morgan fingerprint density at radius 3 is 2.37 bits per heavy atom. The van der Waals surface area contributed by atoms with Gasteiger partial charge >= 0.3 is 0 Å². The smallest absolute Gasteiger partial charge is 0.118 e. The van der Waals surface area contributed by atoms with E-state index in [4.69, 9.17) is 4.74 Å². The molecule has 3 nitrogen and oxygen atoms in total. The third-order valence-corrected chi connectivity index (χ3v) is 4.16. The Labute approximate surface area is 116 Å². The van der Waals surface area contributed by atoms with Gasteiger partial charge in [-0.2, -0.15) is 0 Å². The quantitative estimate of drug-likeness (QED) is 0.881. The van der Waals surface area contributed by atoms with Crippen LogP contribution in [0.15, 0.2) is 24.3 Å². The van der Waals surface area contributed by atoms with Crippen LogP contribution in [0.2, 0.25) is 0 Å². The number of benzene rings is 1. The summed E-state index contributed by atoms with van der Waals surface area (Å²) in [4.78, 5) is 2.60. The highest BCUT2D eigenvalue weighted by Gasteiger charge is 2.27. The van der Waals surface area contributed by atoms with Crippen LogP contribution < -0.4 is 10.1 Å². The van der Waals surface area contributed by atoms with Crippen LogP contribution >= 0.6 is 0 Å². The van der Waals surface area contributed by atoms with Gasteiger partial charge in [-0.1, -0.05) is 12.1 Å². The summed E-state index contributed by atoms with van der Waals surface area (Å²) in [7, 11) is 1.71. The van der Waals surface area contributed by atoms with E-state index < -0.39 is 0 Å². The topological polar surface area (TPSA) is 24.5 Å². The highest BCUT2D eigenvalue weighted by atomic mass is 16.5. The van der Waals surface area contributed by atoms with E-state index in [1.165, 1.54) is 12.0 Å². The SMILES string of the molecule is COc1ccc(CCC(C)(C)N2CCNCC2)cc1. The average Bonchev–Trinajstić information content (AvgIpc) is 2.47. The number of nitrogens with zero attached hydrogens (tertiary/aromatic N) is 1. The normalized spacial score (nSPS) is 17.4. The van der Waals surface area contributed by atoms with Crippen molar-refractivity contribution in [1.29, 1.82) is 0 Å². The van der Waals surface area contributed by atoms with E-state index in [0.29, 0.717) is 0 Å². The summed E-state index contributed by atoms with van der Waals surface area (Å²) in [5.41, 5.74) is 1.67. The zero-order valence-corrected chi connectivity index (χ0v) is 12.4. The number of aryl methyl sites for hydroxylation is 1. The van der Waals surface area contributed by atoms with Crippen LogP contribution in [0.4, 0.5) is 0 Å². The average molecular weight is 262 g/mol. The third-order valence-electron chi connectivity index (χ3n) is 4.16. The van der Waals surface area contributed by atoms with Crippen molar-refractivity contribution in [2.75, 3.05) is 33.3 Å². The van der Waals surface area contributed by atoms with Gasteiger partial charge in [0.25, 0.3) is 0 Å². The molecule has 19 heavy (non-hydrogen) atoms. The summed E-state index contributed by atoms with van der Waals surface area (Å²) in [6.07, 6.45) is 2.32. The summed E-state index contributed by atoms with van der Waals surface area (Å²) in [6.45, 7) is 9.28. The van der Waals surface area contributed by atoms with Gasteiger partial charge in [0.05, 0.1) is 7.11 Å². The minimum absolute atomic E-state index is 0.280. The molecule has 106 valence electrons. The number of nitrogens with one attached hydrogen (secondary N) is 1. The number of piperazine rings is 1. The molecule has 0 spiro atoms. The Morgan fingerprint density at radius 2 is 1.79 bits per heavy atom. The molecule has 0 bridgehead atoms. The number of methoxy groups -OCH3 is 1. The number of rotatable bonds is 5. The lowest BCUT2D eigenvalue weighted by Gasteiger charge is -2.41. The summed E-state index contributed by atoms with van der Waals surface area (Å²) in [6, 6.07) is 8.44. The Hall–Kier alpha value is -1.06. The summed E-state index contributed by atoms with van der Waals surface area (Å²) >= 11 is 0. The first-order valence-electron chi connectivity index (χ1n) is 7.20. The highest BCUT2D eigenvalue weighted by molar-refractivity contribution is 5.27. The monoisotopic (exact) mass is 262 g/mol. The van der Waals surface area contributed by atoms with Crippen LogP contribution in [0.25, 0.3) is 0 Å². The lowest BCUT2D eigenvalue weighted by atomic mass is 9.92. The molecule has 1 aromatic carbocycles. The number of ether oxygens (including phenoxy) is 1. The molecule has 0 aliphatic carbocycles. The molecule has 0 saturated carbocycles. The Kier molecular flexibility index (Phi) is 4.83. The number of hydrogen-bond donors (Lipinski definition) is 1. The molecule has 1 aliphatic rings. The second-order valence-electron chi connectivity index (χ2n) is 5.90. The summed E-state index contributed by atoms with van der Waals surface area (Å²) in [5, 5.41) is 3.42. The van der Waals surface area contributed by atoms with Crippen LogP contribution in [0, 0.1) is 0 Å². The van der Waals surface area contributed by atoms with Crippen molar-refractivity contribution < 1.29 is 4.74 Å².